The molecule has 0 aliphatic rings. The molecular formula is C6H10ClNO. The zero-order valence-electron chi connectivity index (χ0n) is 5.19. The van der Waals surface area contributed by atoms with Crippen LogP contribution in [0.1, 0.15) is 0 Å². The number of nitrogens with zero attached hydrogens (tertiary/aromatic N) is 1. The predicted octanol–water partition coefficient (Wildman–Crippen LogP) is 1.11. The first-order valence-corrected chi connectivity index (χ1v) is 2.30. The van der Waals surface area contributed by atoms with Crippen LogP contribution < -0.4 is 0 Å². The number of hydrogen-bond donors (Lipinski definition) is 1. The molecule has 1 rings (SSSR count). The molecule has 9 heavy (non-hydrogen) atoms. The lowest BCUT2D eigenvalue weighted by atomic mass is 10.5. The Morgan fingerprint density at radius 3 is 1.56 bits per heavy atom. The first kappa shape index (κ1) is 11.2. The summed E-state index contributed by atoms with van der Waals surface area (Å²) in [5.74, 6) is 0. The molecule has 1 heterocycles. The molecule has 0 fully saturated rings. The monoisotopic (exact) mass is 147 g/mol. The second kappa shape index (κ2) is 10.4. The molecule has 2 nitrogen and oxygen atoms in total. The van der Waals surface area contributed by atoms with Crippen molar-refractivity contribution in [3.8, 4) is 0 Å². The van der Waals surface area contributed by atoms with E-state index in [1.54, 1.807) is 12.4 Å². The summed E-state index contributed by atoms with van der Waals surface area (Å²) in [5.41, 5.74) is 0. The fourth-order valence-electron chi connectivity index (χ4n) is 0.313. The van der Waals surface area contributed by atoms with Crippen molar-refractivity contribution in [3.05, 3.63) is 30.6 Å². The van der Waals surface area contributed by atoms with Gasteiger partial charge in [-0.3, -0.25) is 4.98 Å². The fourth-order valence-corrected chi connectivity index (χ4v) is 0.313. The van der Waals surface area contributed by atoms with Crippen molar-refractivity contribution in [2.45, 2.75) is 0 Å². The van der Waals surface area contributed by atoms with Gasteiger partial charge >= 0.3 is 0 Å². The first-order chi connectivity index (χ1) is 4.00. The lowest BCUT2D eigenvalue weighted by Gasteiger charge is -1.70. The molecule has 0 aliphatic carbocycles. The van der Waals surface area contributed by atoms with E-state index in [2.05, 4.69) is 4.98 Å². The zero-order valence-corrected chi connectivity index (χ0v) is 6.01. The van der Waals surface area contributed by atoms with Gasteiger partial charge < -0.3 is 5.11 Å². The minimum Gasteiger partial charge on any atom is -0.400 e. The molecule has 0 spiro atoms. The van der Waals surface area contributed by atoms with Crippen molar-refractivity contribution in [2.75, 3.05) is 7.11 Å². The quantitative estimate of drug-likeness (QED) is 0.597. The summed E-state index contributed by atoms with van der Waals surface area (Å²) >= 11 is 0. The minimum absolute atomic E-state index is 0. The van der Waals surface area contributed by atoms with Crippen LogP contribution in [0, 0.1) is 0 Å². The average Bonchev–Trinajstić information content (AvgIpc) is 1.96. The number of hydrogen-bond acceptors (Lipinski definition) is 2. The normalized spacial score (nSPS) is 6.00. The SMILES string of the molecule is CO.Cl.c1ccncc1. The molecule has 0 saturated carbocycles. The summed E-state index contributed by atoms with van der Waals surface area (Å²) in [7, 11) is 1.00. The Morgan fingerprint density at radius 2 is 1.44 bits per heavy atom. The minimum atomic E-state index is 0. The smallest absolute Gasteiger partial charge is 0.0319 e. The van der Waals surface area contributed by atoms with Gasteiger partial charge in [-0.05, 0) is 12.1 Å². The van der Waals surface area contributed by atoms with Gasteiger partial charge in [0.1, 0.15) is 0 Å². The number of halogens is 1. The van der Waals surface area contributed by atoms with Crippen LogP contribution >= 0.6 is 12.4 Å². The molecule has 1 aromatic heterocycles. The maximum Gasteiger partial charge on any atom is 0.0319 e. The van der Waals surface area contributed by atoms with Crippen molar-refractivity contribution in [1.82, 2.24) is 4.98 Å². The van der Waals surface area contributed by atoms with Gasteiger partial charge in [0.25, 0.3) is 0 Å². The van der Waals surface area contributed by atoms with E-state index in [9.17, 15) is 0 Å². The van der Waals surface area contributed by atoms with Crippen molar-refractivity contribution < 1.29 is 5.11 Å². The van der Waals surface area contributed by atoms with E-state index in [-0.39, 0.29) is 12.4 Å². The van der Waals surface area contributed by atoms with Gasteiger partial charge in [-0.25, -0.2) is 0 Å². The Morgan fingerprint density at radius 1 is 1.00 bits per heavy atom. The molecule has 1 aromatic rings. The maximum absolute atomic E-state index is 7.00. The van der Waals surface area contributed by atoms with Crippen LogP contribution in [0.2, 0.25) is 0 Å². The maximum atomic E-state index is 7.00. The van der Waals surface area contributed by atoms with E-state index < -0.39 is 0 Å². The number of pyridine rings is 1. The second-order valence-electron chi connectivity index (χ2n) is 1.02. The molecule has 0 aliphatic heterocycles. The number of rotatable bonds is 0. The molecule has 0 atom stereocenters. The van der Waals surface area contributed by atoms with Gasteiger partial charge in [0.2, 0.25) is 0 Å². The van der Waals surface area contributed by atoms with E-state index in [0.717, 1.165) is 7.11 Å². The van der Waals surface area contributed by atoms with Gasteiger partial charge in [0, 0.05) is 19.5 Å². The Kier molecular flexibility index (Phi) is 13.0. The third-order valence-electron chi connectivity index (χ3n) is 0.566. The standard InChI is InChI=1S/C5H5N.CH4O.ClH/c1-2-4-6-5-3-1;1-2;/h1-5H;2H,1H3;1H. The molecule has 0 unspecified atom stereocenters. The Balaban J connectivity index is 0. The Hall–Kier alpha value is -0.600. The summed E-state index contributed by atoms with van der Waals surface area (Å²) < 4.78 is 0. The Labute approximate surface area is 61.0 Å². The van der Waals surface area contributed by atoms with Crippen molar-refractivity contribution in [2.24, 2.45) is 0 Å². The first-order valence-electron chi connectivity index (χ1n) is 2.30. The molecule has 3 heteroatoms. The highest BCUT2D eigenvalue weighted by Gasteiger charge is 1.58. The average molecular weight is 148 g/mol. The van der Waals surface area contributed by atoms with Gasteiger partial charge in [-0.2, -0.15) is 0 Å². The summed E-state index contributed by atoms with van der Waals surface area (Å²) in [6, 6.07) is 5.72. The summed E-state index contributed by atoms with van der Waals surface area (Å²) in [4.78, 5) is 3.78. The zero-order chi connectivity index (χ0) is 6.24. The van der Waals surface area contributed by atoms with Crippen LogP contribution in [0.3, 0.4) is 0 Å². The highest BCUT2D eigenvalue weighted by atomic mass is 35.5. The molecule has 1 N–H and O–H groups in total. The number of aliphatic hydroxyl groups is 1. The van der Waals surface area contributed by atoms with E-state index >= 15 is 0 Å². The van der Waals surface area contributed by atoms with Gasteiger partial charge in [0.05, 0.1) is 0 Å². The third-order valence-corrected chi connectivity index (χ3v) is 0.566. The van der Waals surface area contributed by atoms with Gasteiger partial charge in [-0.15, -0.1) is 12.4 Å². The molecule has 0 bridgehead atoms. The molecule has 0 aromatic carbocycles. The van der Waals surface area contributed by atoms with Crippen LogP contribution in [-0.4, -0.2) is 17.2 Å². The van der Waals surface area contributed by atoms with Crippen LogP contribution in [0.5, 0.6) is 0 Å². The van der Waals surface area contributed by atoms with Crippen LogP contribution in [0.4, 0.5) is 0 Å². The fraction of sp³-hybridized carbons (Fsp3) is 0.167. The lowest BCUT2D eigenvalue weighted by Crippen LogP contribution is -1.58. The number of aliphatic hydroxyl groups excluding tert-OH is 1. The third kappa shape index (κ3) is 7.40. The van der Waals surface area contributed by atoms with Gasteiger partial charge in [-0.1, -0.05) is 6.07 Å². The van der Waals surface area contributed by atoms with E-state index in [4.69, 9.17) is 5.11 Å². The molecule has 52 valence electrons. The highest BCUT2D eigenvalue weighted by molar-refractivity contribution is 5.85. The van der Waals surface area contributed by atoms with Gasteiger partial charge in [0.15, 0.2) is 0 Å². The summed E-state index contributed by atoms with van der Waals surface area (Å²) in [6.45, 7) is 0. The number of aromatic nitrogens is 1. The molecule has 0 radical (unpaired) electrons. The van der Waals surface area contributed by atoms with E-state index in [1.165, 1.54) is 0 Å². The summed E-state index contributed by atoms with van der Waals surface area (Å²) in [6.07, 6.45) is 3.50. The molecule has 0 saturated heterocycles. The topological polar surface area (TPSA) is 33.1 Å². The van der Waals surface area contributed by atoms with Crippen molar-refractivity contribution >= 4 is 12.4 Å². The van der Waals surface area contributed by atoms with E-state index in [1.807, 2.05) is 18.2 Å². The highest BCUT2D eigenvalue weighted by Crippen LogP contribution is 1.73. The second-order valence-corrected chi connectivity index (χ2v) is 1.02. The Bertz CT molecular complexity index is 85.0. The molecule has 0 amide bonds. The largest absolute Gasteiger partial charge is 0.400 e. The lowest BCUT2D eigenvalue weighted by molar-refractivity contribution is 0.399. The van der Waals surface area contributed by atoms with Crippen molar-refractivity contribution in [3.63, 3.8) is 0 Å². The summed E-state index contributed by atoms with van der Waals surface area (Å²) in [5, 5.41) is 7.00. The predicted molar refractivity (Wildman–Crippen MR) is 39.6 cm³/mol. The van der Waals surface area contributed by atoms with Crippen LogP contribution in [0.25, 0.3) is 0 Å². The van der Waals surface area contributed by atoms with Crippen molar-refractivity contribution in [1.29, 1.82) is 0 Å². The van der Waals surface area contributed by atoms with Crippen LogP contribution in [-0.2, 0) is 0 Å². The van der Waals surface area contributed by atoms with Crippen LogP contribution in [0.15, 0.2) is 30.6 Å². The molecular weight excluding hydrogens is 138 g/mol. The van der Waals surface area contributed by atoms with E-state index in [0.29, 0.717) is 0 Å².